The minimum atomic E-state index is -0.554. The van der Waals surface area contributed by atoms with Crippen LogP contribution in [0.2, 0.25) is 0 Å². The maximum Gasteiger partial charge on any atom is 0.254 e. The molecule has 28 heavy (non-hydrogen) atoms. The van der Waals surface area contributed by atoms with Crippen molar-refractivity contribution in [1.82, 2.24) is 9.97 Å². The number of aryl methyl sites for hydroxylation is 1. The van der Waals surface area contributed by atoms with Crippen molar-refractivity contribution in [1.29, 1.82) is 0 Å². The molecule has 1 N–H and O–H groups in total. The molecule has 3 atom stereocenters. The van der Waals surface area contributed by atoms with E-state index in [4.69, 9.17) is 14.5 Å². The molecule has 1 saturated carbocycles. The number of H-pyrrole nitrogens is 1. The quantitative estimate of drug-likeness (QED) is 0.820. The fraction of sp³-hybridized carbons (Fsp3) is 0.545. The van der Waals surface area contributed by atoms with Gasteiger partial charge in [0, 0.05) is 23.3 Å². The molecule has 2 aliphatic carbocycles. The van der Waals surface area contributed by atoms with Gasteiger partial charge >= 0.3 is 0 Å². The molecule has 0 unspecified atom stereocenters. The smallest absolute Gasteiger partial charge is 0.254 e. The van der Waals surface area contributed by atoms with Crippen LogP contribution >= 0.6 is 0 Å². The molecule has 5 nitrogen and oxygen atoms in total. The highest BCUT2D eigenvalue weighted by Gasteiger charge is 2.60. The molecule has 1 aromatic carbocycles. The van der Waals surface area contributed by atoms with Crippen molar-refractivity contribution in [3.05, 3.63) is 63.1 Å². The molecule has 1 aliphatic heterocycles. The fourth-order valence-electron chi connectivity index (χ4n) is 5.94. The van der Waals surface area contributed by atoms with Crippen LogP contribution < -0.4 is 5.56 Å². The molecular weight excluding hydrogens is 359 g/mol. The Morgan fingerprint density at radius 3 is 2.61 bits per heavy atom. The van der Waals surface area contributed by atoms with Gasteiger partial charge < -0.3 is 14.5 Å². The van der Waals surface area contributed by atoms with Gasteiger partial charge in [0.05, 0.1) is 18.9 Å². The van der Waals surface area contributed by atoms with Crippen LogP contribution in [0.15, 0.2) is 29.1 Å². The Kier molecular flexibility index (Phi) is 4.00. The molecule has 3 aliphatic rings. The molecule has 6 heteroatoms. The Labute approximate surface area is 163 Å². The molecule has 0 bridgehead atoms. The topological polar surface area (TPSA) is 64.2 Å². The standard InChI is InChI=1S/C22H25FN2O3/c1-13-18-8-7-17-19(24-14(2)25-20(17)26)21(18,15-3-5-16(23)6-4-15)9-10-22(13)27-11-12-28-22/h3-6,13,18H,7-12H2,1-2H3,(H,24,25,26)/t13-,18-,21+/m0/s1. The Bertz CT molecular complexity index is 965. The lowest BCUT2D eigenvalue weighted by Gasteiger charge is -2.55. The Morgan fingerprint density at radius 1 is 1.18 bits per heavy atom. The summed E-state index contributed by atoms with van der Waals surface area (Å²) in [6, 6.07) is 6.73. The number of fused-ring (bicyclic) bond motifs is 3. The minimum Gasteiger partial charge on any atom is -0.347 e. The van der Waals surface area contributed by atoms with E-state index in [0.29, 0.717) is 25.5 Å². The minimum absolute atomic E-state index is 0.0521. The van der Waals surface area contributed by atoms with Crippen molar-refractivity contribution in [2.45, 2.75) is 50.7 Å². The van der Waals surface area contributed by atoms with Crippen LogP contribution in [0, 0.1) is 24.6 Å². The monoisotopic (exact) mass is 384 g/mol. The van der Waals surface area contributed by atoms with E-state index in [1.54, 1.807) is 0 Å². The molecule has 2 aromatic rings. The zero-order chi connectivity index (χ0) is 19.5. The zero-order valence-corrected chi connectivity index (χ0v) is 16.3. The summed E-state index contributed by atoms with van der Waals surface area (Å²) in [4.78, 5) is 20.4. The highest BCUT2D eigenvalue weighted by molar-refractivity contribution is 5.44. The number of halogens is 1. The molecule has 148 valence electrons. The molecule has 1 saturated heterocycles. The van der Waals surface area contributed by atoms with E-state index in [9.17, 15) is 9.18 Å². The van der Waals surface area contributed by atoms with Gasteiger partial charge in [-0.25, -0.2) is 9.37 Å². The summed E-state index contributed by atoms with van der Waals surface area (Å²) >= 11 is 0. The highest BCUT2D eigenvalue weighted by Crippen LogP contribution is 2.59. The third-order valence-electron chi connectivity index (χ3n) is 7.20. The molecule has 5 rings (SSSR count). The van der Waals surface area contributed by atoms with Gasteiger partial charge in [-0.3, -0.25) is 4.79 Å². The summed E-state index contributed by atoms with van der Waals surface area (Å²) in [5.41, 5.74) is 2.17. The first-order chi connectivity index (χ1) is 13.5. The van der Waals surface area contributed by atoms with Gasteiger partial charge in [-0.1, -0.05) is 19.1 Å². The van der Waals surface area contributed by atoms with Crippen LogP contribution in [-0.4, -0.2) is 29.0 Å². The van der Waals surface area contributed by atoms with Crippen molar-refractivity contribution >= 4 is 0 Å². The molecule has 2 fully saturated rings. The van der Waals surface area contributed by atoms with Gasteiger partial charge in [0.2, 0.25) is 0 Å². The predicted molar refractivity (Wildman–Crippen MR) is 102 cm³/mol. The lowest BCUT2D eigenvalue weighted by Crippen LogP contribution is -2.57. The number of nitrogens with one attached hydrogen (secondary N) is 1. The van der Waals surface area contributed by atoms with E-state index in [2.05, 4.69) is 11.9 Å². The second kappa shape index (κ2) is 6.22. The predicted octanol–water partition coefficient (Wildman–Crippen LogP) is 3.24. The van der Waals surface area contributed by atoms with Crippen LogP contribution in [0.4, 0.5) is 4.39 Å². The van der Waals surface area contributed by atoms with E-state index in [0.717, 1.165) is 36.1 Å². The first-order valence-electron chi connectivity index (χ1n) is 10.1. The Balaban J connectivity index is 1.74. The van der Waals surface area contributed by atoms with Crippen LogP contribution in [0.3, 0.4) is 0 Å². The van der Waals surface area contributed by atoms with E-state index >= 15 is 0 Å². The highest BCUT2D eigenvalue weighted by atomic mass is 19.1. The maximum absolute atomic E-state index is 13.7. The van der Waals surface area contributed by atoms with Gasteiger partial charge in [0.15, 0.2) is 5.79 Å². The van der Waals surface area contributed by atoms with Crippen molar-refractivity contribution in [3.8, 4) is 0 Å². The SMILES string of the molecule is Cc1nc2c(c(=O)[nH]1)CC[C@H]1[C@H](C)C3(CC[C@]21c1ccc(F)cc1)OCCO3. The first kappa shape index (κ1) is 18.0. The van der Waals surface area contributed by atoms with Crippen LogP contribution in [0.1, 0.15) is 48.8 Å². The molecule has 2 heterocycles. The third-order valence-corrected chi connectivity index (χ3v) is 7.20. The summed E-state index contributed by atoms with van der Waals surface area (Å²) in [6.45, 7) is 5.25. The molecule has 0 radical (unpaired) electrons. The lowest BCUT2D eigenvalue weighted by molar-refractivity contribution is -0.232. The summed E-state index contributed by atoms with van der Waals surface area (Å²) in [6.07, 6.45) is 3.03. The maximum atomic E-state index is 13.7. The van der Waals surface area contributed by atoms with Crippen LogP contribution in [0.25, 0.3) is 0 Å². The number of nitrogens with zero attached hydrogens (tertiary/aromatic N) is 1. The second-order valence-electron chi connectivity index (χ2n) is 8.40. The Morgan fingerprint density at radius 2 is 1.89 bits per heavy atom. The van der Waals surface area contributed by atoms with E-state index in [1.165, 1.54) is 12.1 Å². The van der Waals surface area contributed by atoms with E-state index in [-0.39, 0.29) is 23.2 Å². The first-order valence-corrected chi connectivity index (χ1v) is 10.1. The summed E-state index contributed by atoms with van der Waals surface area (Å²) < 4.78 is 25.9. The molecule has 0 amide bonds. The van der Waals surface area contributed by atoms with E-state index < -0.39 is 11.2 Å². The zero-order valence-electron chi connectivity index (χ0n) is 16.3. The largest absolute Gasteiger partial charge is 0.347 e. The van der Waals surface area contributed by atoms with Crippen molar-refractivity contribution in [3.63, 3.8) is 0 Å². The van der Waals surface area contributed by atoms with Gasteiger partial charge in [0.1, 0.15) is 11.6 Å². The second-order valence-corrected chi connectivity index (χ2v) is 8.40. The van der Waals surface area contributed by atoms with Crippen LogP contribution in [-0.2, 0) is 21.3 Å². The van der Waals surface area contributed by atoms with Crippen molar-refractivity contribution in [2.75, 3.05) is 13.2 Å². The van der Waals surface area contributed by atoms with Crippen molar-refractivity contribution < 1.29 is 13.9 Å². The van der Waals surface area contributed by atoms with Gasteiger partial charge in [-0.2, -0.15) is 0 Å². The fourth-order valence-corrected chi connectivity index (χ4v) is 5.94. The van der Waals surface area contributed by atoms with Gasteiger partial charge in [-0.05, 0) is 49.8 Å². The summed E-state index contributed by atoms with van der Waals surface area (Å²) in [7, 11) is 0. The number of benzene rings is 1. The number of aromatic amines is 1. The van der Waals surface area contributed by atoms with Gasteiger partial charge in [0.25, 0.3) is 5.56 Å². The van der Waals surface area contributed by atoms with Gasteiger partial charge in [-0.15, -0.1) is 0 Å². The van der Waals surface area contributed by atoms with Crippen molar-refractivity contribution in [2.24, 2.45) is 11.8 Å². The number of rotatable bonds is 1. The molecule has 1 spiro atoms. The average Bonchev–Trinajstić information content (AvgIpc) is 3.15. The lowest BCUT2D eigenvalue weighted by atomic mass is 9.52. The number of ether oxygens (including phenoxy) is 2. The molecular formula is C22H25FN2O3. The van der Waals surface area contributed by atoms with E-state index in [1.807, 2.05) is 19.1 Å². The number of hydrogen-bond acceptors (Lipinski definition) is 4. The number of aromatic nitrogens is 2. The molecule has 1 aromatic heterocycles. The van der Waals surface area contributed by atoms with Crippen LogP contribution in [0.5, 0.6) is 0 Å². The normalized spacial score (nSPS) is 30.8. The average molecular weight is 384 g/mol. The number of hydrogen-bond donors (Lipinski definition) is 1. The third kappa shape index (κ3) is 2.37. The Hall–Kier alpha value is -2.05. The summed E-state index contributed by atoms with van der Waals surface area (Å²) in [5, 5.41) is 0. The summed E-state index contributed by atoms with van der Waals surface area (Å²) in [5.74, 6) is 0.147.